The highest BCUT2D eigenvalue weighted by Crippen LogP contribution is 2.29. The molecule has 0 radical (unpaired) electrons. The van der Waals surface area contributed by atoms with Crippen LogP contribution in [-0.2, 0) is 14.8 Å². The summed E-state index contributed by atoms with van der Waals surface area (Å²) in [5.41, 5.74) is -0.596. The summed E-state index contributed by atoms with van der Waals surface area (Å²) in [6.45, 7) is 6.31. The molecule has 0 bridgehead atoms. The van der Waals surface area contributed by atoms with Gasteiger partial charge in [0.1, 0.15) is 16.3 Å². The Labute approximate surface area is 165 Å². The Hall–Kier alpha value is -1.38. The summed E-state index contributed by atoms with van der Waals surface area (Å²) in [7, 11) is -2.28. The largest absolute Gasteiger partial charge is 0.444 e. The zero-order valence-electron chi connectivity index (χ0n) is 16.0. The third kappa shape index (κ3) is 5.80. The fourth-order valence-electron chi connectivity index (χ4n) is 3.01. The molecule has 0 aliphatic carbocycles. The highest BCUT2D eigenvalue weighted by atomic mass is 35.5. The minimum Gasteiger partial charge on any atom is -0.444 e. The molecular formula is C18H26ClFN2O4S. The molecule has 2 rings (SSSR count). The van der Waals surface area contributed by atoms with Crippen molar-refractivity contribution in [3.63, 3.8) is 0 Å². The molecule has 1 fully saturated rings. The van der Waals surface area contributed by atoms with Crippen molar-refractivity contribution in [2.75, 3.05) is 26.7 Å². The van der Waals surface area contributed by atoms with E-state index in [1.165, 1.54) is 15.3 Å². The molecule has 0 saturated carbocycles. The first-order chi connectivity index (χ1) is 12.4. The Kier molecular flexibility index (Phi) is 6.76. The second-order valence-corrected chi connectivity index (χ2v) is 10.1. The van der Waals surface area contributed by atoms with Gasteiger partial charge in [0.25, 0.3) is 0 Å². The molecule has 0 spiro atoms. The van der Waals surface area contributed by atoms with Crippen molar-refractivity contribution in [3.8, 4) is 0 Å². The minimum absolute atomic E-state index is 0.00982. The van der Waals surface area contributed by atoms with Gasteiger partial charge in [-0.1, -0.05) is 11.6 Å². The summed E-state index contributed by atoms with van der Waals surface area (Å²) in [4.78, 5) is 13.4. The normalized spacial score (nSPS) is 19.0. The minimum atomic E-state index is -3.91. The maximum Gasteiger partial charge on any atom is 0.410 e. The van der Waals surface area contributed by atoms with Crippen molar-refractivity contribution in [1.29, 1.82) is 0 Å². The standard InChI is InChI=1S/C18H26ClFN2O4S/c1-18(2,3)26-17(23)21(4)11-13-6-5-9-22(12-13)27(24,25)16-10-14(20)7-8-15(16)19/h7-8,10,13H,5-6,9,11-12H2,1-4H3. The average Bonchev–Trinajstić information content (AvgIpc) is 2.55. The first kappa shape index (κ1) is 21.9. The van der Waals surface area contributed by atoms with Crippen LogP contribution < -0.4 is 0 Å². The number of hydrogen-bond donors (Lipinski definition) is 0. The average molecular weight is 421 g/mol. The number of carbonyl (C=O) groups is 1. The van der Waals surface area contributed by atoms with Crippen LogP contribution in [0.2, 0.25) is 5.02 Å². The van der Waals surface area contributed by atoms with Gasteiger partial charge in [0, 0.05) is 26.7 Å². The quantitative estimate of drug-likeness (QED) is 0.744. The summed E-state index contributed by atoms with van der Waals surface area (Å²) in [6.07, 6.45) is 0.991. The lowest BCUT2D eigenvalue weighted by Crippen LogP contribution is -2.45. The molecule has 6 nitrogen and oxygen atoms in total. The maximum atomic E-state index is 13.5. The monoisotopic (exact) mass is 420 g/mol. The van der Waals surface area contributed by atoms with E-state index in [4.69, 9.17) is 16.3 Å². The third-order valence-electron chi connectivity index (χ3n) is 4.23. The van der Waals surface area contributed by atoms with Crippen molar-refractivity contribution in [2.45, 2.75) is 44.1 Å². The molecule has 1 saturated heterocycles. The predicted molar refractivity (Wildman–Crippen MR) is 102 cm³/mol. The van der Waals surface area contributed by atoms with Gasteiger partial charge < -0.3 is 9.64 Å². The Bertz CT molecular complexity index is 795. The molecule has 0 N–H and O–H groups in total. The Morgan fingerprint density at radius 3 is 2.70 bits per heavy atom. The number of rotatable bonds is 4. The second-order valence-electron chi connectivity index (χ2n) is 7.81. The number of halogens is 2. The lowest BCUT2D eigenvalue weighted by Gasteiger charge is -2.34. The van der Waals surface area contributed by atoms with Crippen molar-refractivity contribution >= 4 is 27.7 Å². The molecule has 152 valence electrons. The van der Waals surface area contributed by atoms with Gasteiger partial charge in [-0.25, -0.2) is 17.6 Å². The molecule has 1 aliphatic rings. The molecule has 9 heteroatoms. The highest BCUT2D eigenvalue weighted by Gasteiger charge is 2.33. The summed E-state index contributed by atoms with van der Waals surface area (Å²) in [5.74, 6) is -0.699. The van der Waals surface area contributed by atoms with Crippen LogP contribution in [0, 0.1) is 11.7 Å². The zero-order valence-corrected chi connectivity index (χ0v) is 17.6. The lowest BCUT2D eigenvalue weighted by molar-refractivity contribution is 0.0258. The Balaban J connectivity index is 2.09. The predicted octanol–water partition coefficient (Wildman–Crippen LogP) is 3.75. The van der Waals surface area contributed by atoms with E-state index in [0.717, 1.165) is 18.6 Å². The topological polar surface area (TPSA) is 66.9 Å². The van der Waals surface area contributed by atoms with E-state index in [1.54, 1.807) is 27.8 Å². The van der Waals surface area contributed by atoms with E-state index in [0.29, 0.717) is 19.5 Å². The van der Waals surface area contributed by atoms with Crippen LogP contribution in [0.25, 0.3) is 0 Å². The number of carbonyl (C=O) groups excluding carboxylic acids is 1. The van der Waals surface area contributed by atoms with Gasteiger partial charge in [0.2, 0.25) is 10.0 Å². The SMILES string of the molecule is CN(CC1CCCN(S(=O)(=O)c2cc(F)ccc2Cl)C1)C(=O)OC(C)(C)C. The van der Waals surface area contributed by atoms with Gasteiger partial charge in [0.05, 0.1) is 5.02 Å². The van der Waals surface area contributed by atoms with Gasteiger partial charge in [-0.15, -0.1) is 0 Å². The summed E-state index contributed by atoms with van der Waals surface area (Å²) < 4.78 is 45.9. The molecule has 1 aromatic rings. The number of benzene rings is 1. The fourth-order valence-corrected chi connectivity index (χ4v) is 5.05. The van der Waals surface area contributed by atoms with Gasteiger partial charge in [-0.2, -0.15) is 4.31 Å². The van der Waals surface area contributed by atoms with Gasteiger partial charge >= 0.3 is 6.09 Å². The molecule has 1 aliphatic heterocycles. The first-order valence-corrected chi connectivity index (χ1v) is 10.6. The van der Waals surface area contributed by atoms with Crippen LogP contribution in [0.15, 0.2) is 23.1 Å². The second kappa shape index (κ2) is 8.32. The highest BCUT2D eigenvalue weighted by molar-refractivity contribution is 7.89. The van der Waals surface area contributed by atoms with Crippen LogP contribution in [0.5, 0.6) is 0 Å². The Morgan fingerprint density at radius 2 is 2.07 bits per heavy atom. The van der Waals surface area contributed by atoms with Crippen molar-refractivity contribution in [2.24, 2.45) is 5.92 Å². The lowest BCUT2D eigenvalue weighted by atomic mass is 9.99. The number of amides is 1. The summed E-state index contributed by atoms with van der Waals surface area (Å²) in [6, 6.07) is 3.30. The molecule has 0 aromatic heterocycles. The number of ether oxygens (including phenoxy) is 1. The fraction of sp³-hybridized carbons (Fsp3) is 0.611. The van der Waals surface area contributed by atoms with E-state index < -0.39 is 27.5 Å². The van der Waals surface area contributed by atoms with Crippen LogP contribution in [0.3, 0.4) is 0 Å². The molecular weight excluding hydrogens is 395 g/mol. The molecule has 1 unspecified atom stereocenters. The smallest absolute Gasteiger partial charge is 0.410 e. The molecule has 1 atom stereocenters. The number of nitrogens with zero attached hydrogens (tertiary/aromatic N) is 2. The third-order valence-corrected chi connectivity index (χ3v) is 6.58. The molecule has 1 amide bonds. The van der Waals surface area contributed by atoms with Crippen LogP contribution >= 0.6 is 11.6 Å². The molecule has 27 heavy (non-hydrogen) atoms. The summed E-state index contributed by atoms with van der Waals surface area (Å²) in [5, 5.41) is -0.00982. The van der Waals surface area contributed by atoms with E-state index >= 15 is 0 Å². The summed E-state index contributed by atoms with van der Waals surface area (Å²) >= 11 is 5.98. The van der Waals surface area contributed by atoms with E-state index in [2.05, 4.69) is 0 Å². The molecule has 1 aromatic carbocycles. The first-order valence-electron chi connectivity index (χ1n) is 8.79. The van der Waals surface area contributed by atoms with Crippen molar-refractivity contribution in [1.82, 2.24) is 9.21 Å². The van der Waals surface area contributed by atoms with Crippen LogP contribution in [-0.4, -0.2) is 56.0 Å². The van der Waals surface area contributed by atoms with Crippen molar-refractivity contribution in [3.05, 3.63) is 29.0 Å². The van der Waals surface area contributed by atoms with Gasteiger partial charge in [0.15, 0.2) is 0 Å². The van der Waals surface area contributed by atoms with Crippen LogP contribution in [0.1, 0.15) is 33.6 Å². The van der Waals surface area contributed by atoms with Crippen LogP contribution in [0.4, 0.5) is 9.18 Å². The van der Waals surface area contributed by atoms with E-state index in [-0.39, 0.29) is 22.4 Å². The van der Waals surface area contributed by atoms with E-state index in [9.17, 15) is 17.6 Å². The zero-order chi connectivity index (χ0) is 20.4. The number of piperidine rings is 1. The number of hydrogen-bond acceptors (Lipinski definition) is 4. The van der Waals surface area contributed by atoms with Gasteiger partial charge in [-0.3, -0.25) is 0 Å². The number of sulfonamides is 1. The maximum absolute atomic E-state index is 13.5. The van der Waals surface area contributed by atoms with E-state index in [1.807, 2.05) is 0 Å². The van der Waals surface area contributed by atoms with Crippen molar-refractivity contribution < 1.29 is 22.3 Å². The Morgan fingerprint density at radius 1 is 1.41 bits per heavy atom. The van der Waals surface area contributed by atoms with Gasteiger partial charge in [-0.05, 0) is 57.7 Å². The molecule has 1 heterocycles.